The van der Waals surface area contributed by atoms with Crippen LogP contribution in [0, 0.1) is 0 Å². The quantitative estimate of drug-likeness (QED) is 0.802. The molecule has 0 radical (unpaired) electrons. The molecule has 1 aliphatic rings. The van der Waals surface area contributed by atoms with E-state index in [1.54, 1.807) is 17.8 Å². The number of nitrogens with one attached hydrogen (secondary N) is 2. The Hall–Kier alpha value is -2.97. The molecule has 2 aromatic heterocycles. The summed E-state index contributed by atoms with van der Waals surface area (Å²) < 4.78 is 1.60. The molecule has 0 spiro atoms. The van der Waals surface area contributed by atoms with Gasteiger partial charge in [0, 0.05) is 25.9 Å². The number of aromatic nitrogens is 4. The number of fused-ring (bicyclic) bond motifs is 1. The first-order valence-electron chi connectivity index (χ1n) is 7.68. The average Bonchev–Trinajstić information content (AvgIpc) is 3.09. The molecular weight excluding hydrogens is 312 g/mol. The van der Waals surface area contributed by atoms with Crippen LogP contribution in [-0.4, -0.2) is 44.7 Å². The van der Waals surface area contributed by atoms with Gasteiger partial charge in [0.1, 0.15) is 12.4 Å². The van der Waals surface area contributed by atoms with Crippen molar-refractivity contribution in [1.82, 2.24) is 25.1 Å². The van der Waals surface area contributed by atoms with E-state index in [-0.39, 0.29) is 17.3 Å². The Morgan fingerprint density at radius 1 is 1.46 bits per heavy atom. The Kier molecular flexibility index (Phi) is 4.15. The van der Waals surface area contributed by atoms with E-state index in [0.29, 0.717) is 25.1 Å². The fourth-order valence-electron chi connectivity index (χ4n) is 2.81. The molecule has 0 aromatic carbocycles. The molecule has 0 aliphatic carbocycles. The smallest absolute Gasteiger partial charge is 0.289 e. The standard InChI is InChI=1S/C15H18N6O3/c1-3-21-7-9-4-5-10(18-14(23)13-16-8-17-19-13)15(24)20(2)11(9)6-12(21)22/h6-8,10H,3-5H2,1-2H3,(H,18,23)(H,16,17,19)/t10-/m0/s1. The number of rotatable bonds is 3. The zero-order chi connectivity index (χ0) is 17.3. The van der Waals surface area contributed by atoms with Gasteiger partial charge in [-0.25, -0.2) is 4.98 Å². The van der Waals surface area contributed by atoms with Crippen molar-refractivity contribution in [1.29, 1.82) is 0 Å². The Balaban J connectivity index is 1.86. The van der Waals surface area contributed by atoms with Crippen LogP contribution in [0.4, 0.5) is 5.69 Å². The van der Waals surface area contributed by atoms with Crippen LogP contribution in [0.1, 0.15) is 29.5 Å². The maximum Gasteiger partial charge on any atom is 0.289 e. The number of pyridine rings is 1. The molecule has 1 atom stereocenters. The topological polar surface area (TPSA) is 113 Å². The van der Waals surface area contributed by atoms with Gasteiger partial charge in [-0.2, -0.15) is 5.10 Å². The van der Waals surface area contributed by atoms with Crippen molar-refractivity contribution in [3.63, 3.8) is 0 Å². The van der Waals surface area contributed by atoms with Crippen molar-refractivity contribution >= 4 is 17.5 Å². The minimum Gasteiger partial charge on any atom is -0.338 e. The molecule has 2 amide bonds. The van der Waals surface area contributed by atoms with Gasteiger partial charge in [-0.05, 0) is 25.3 Å². The summed E-state index contributed by atoms with van der Waals surface area (Å²) in [5.41, 5.74) is 1.34. The fraction of sp³-hybridized carbons (Fsp3) is 0.400. The highest BCUT2D eigenvalue weighted by atomic mass is 16.2. The summed E-state index contributed by atoms with van der Waals surface area (Å²) >= 11 is 0. The van der Waals surface area contributed by atoms with Gasteiger partial charge >= 0.3 is 0 Å². The molecule has 3 heterocycles. The highest BCUT2D eigenvalue weighted by Gasteiger charge is 2.30. The van der Waals surface area contributed by atoms with Crippen molar-refractivity contribution < 1.29 is 9.59 Å². The number of amides is 2. The van der Waals surface area contributed by atoms with Crippen molar-refractivity contribution in [2.45, 2.75) is 32.4 Å². The molecule has 2 N–H and O–H groups in total. The van der Waals surface area contributed by atoms with Gasteiger partial charge in [-0.3, -0.25) is 19.5 Å². The second-order valence-corrected chi connectivity index (χ2v) is 5.60. The lowest BCUT2D eigenvalue weighted by Crippen LogP contribution is -2.47. The second kappa shape index (κ2) is 6.26. The number of H-pyrrole nitrogens is 1. The molecule has 2 aromatic rings. The molecule has 0 bridgehead atoms. The number of likely N-dealkylation sites (N-methyl/N-ethyl adjacent to an activating group) is 1. The average molecular weight is 330 g/mol. The summed E-state index contributed by atoms with van der Waals surface area (Å²) in [6.07, 6.45) is 4.03. The van der Waals surface area contributed by atoms with Gasteiger partial charge in [0.25, 0.3) is 11.5 Å². The Bertz CT molecular complexity index is 826. The minimum atomic E-state index is -0.690. The zero-order valence-corrected chi connectivity index (χ0v) is 13.4. The monoisotopic (exact) mass is 330 g/mol. The number of hydrogen-bond acceptors (Lipinski definition) is 5. The largest absolute Gasteiger partial charge is 0.338 e. The Morgan fingerprint density at radius 2 is 2.25 bits per heavy atom. The van der Waals surface area contributed by atoms with Crippen molar-refractivity contribution in [2.24, 2.45) is 0 Å². The first-order valence-corrected chi connectivity index (χ1v) is 7.68. The van der Waals surface area contributed by atoms with Crippen LogP contribution in [0.25, 0.3) is 0 Å². The molecule has 0 unspecified atom stereocenters. The summed E-state index contributed by atoms with van der Waals surface area (Å²) in [7, 11) is 1.61. The molecule has 24 heavy (non-hydrogen) atoms. The Morgan fingerprint density at radius 3 is 2.92 bits per heavy atom. The number of aromatic amines is 1. The molecule has 9 nitrogen and oxygen atoms in total. The number of carbonyl (C=O) groups is 2. The normalized spacial score (nSPS) is 17.3. The highest BCUT2D eigenvalue weighted by molar-refractivity contribution is 6.01. The summed E-state index contributed by atoms with van der Waals surface area (Å²) in [5, 5.41) is 8.76. The molecule has 0 saturated carbocycles. The predicted octanol–water partition coefficient (Wildman–Crippen LogP) is -0.306. The number of anilines is 1. The van der Waals surface area contributed by atoms with Crippen molar-refractivity contribution in [3.8, 4) is 0 Å². The predicted molar refractivity (Wildman–Crippen MR) is 85.7 cm³/mol. The summed E-state index contributed by atoms with van der Waals surface area (Å²) in [6, 6.07) is 0.780. The first-order chi connectivity index (χ1) is 11.5. The molecule has 126 valence electrons. The minimum absolute atomic E-state index is 0.0536. The maximum atomic E-state index is 12.6. The number of nitrogens with zero attached hydrogens (tertiary/aromatic N) is 4. The van der Waals surface area contributed by atoms with Gasteiger partial charge in [0.2, 0.25) is 11.7 Å². The second-order valence-electron chi connectivity index (χ2n) is 5.60. The fourth-order valence-corrected chi connectivity index (χ4v) is 2.81. The van der Waals surface area contributed by atoms with Crippen molar-refractivity contribution in [3.05, 3.63) is 40.3 Å². The van der Waals surface area contributed by atoms with E-state index in [2.05, 4.69) is 20.5 Å². The Labute approximate surface area is 137 Å². The van der Waals surface area contributed by atoms with Gasteiger partial charge in [0.15, 0.2) is 0 Å². The van der Waals surface area contributed by atoms with Gasteiger partial charge in [-0.1, -0.05) is 0 Å². The molecule has 3 rings (SSSR count). The molecule has 9 heteroatoms. The van der Waals surface area contributed by atoms with E-state index in [1.165, 1.54) is 17.3 Å². The third-order valence-corrected chi connectivity index (χ3v) is 4.15. The van der Waals surface area contributed by atoms with E-state index in [9.17, 15) is 14.4 Å². The lowest BCUT2D eigenvalue weighted by Gasteiger charge is -2.21. The number of aryl methyl sites for hydroxylation is 2. The van der Waals surface area contributed by atoms with E-state index < -0.39 is 11.9 Å². The van der Waals surface area contributed by atoms with E-state index in [0.717, 1.165) is 5.56 Å². The molecule has 0 fully saturated rings. The lowest BCUT2D eigenvalue weighted by atomic mass is 10.1. The van der Waals surface area contributed by atoms with E-state index >= 15 is 0 Å². The summed E-state index contributed by atoms with van der Waals surface area (Å²) in [5.74, 6) is -0.702. The van der Waals surface area contributed by atoms with E-state index in [1.807, 2.05) is 6.92 Å². The van der Waals surface area contributed by atoms with Crippen LogP contribution in [0.15, 0.2) is 23.4 Å². The number of hydrogen-bond donors (Lipinski definition) is 2. The first kappa shape index (κ1) is 15.9. The van der Waals surface area contributed by atoms with Crippen LogP contribution >= 0.6 is 0 Å². The summed E-state index contributed by atoms with van der Waals surface area (Å²) in [4.78, 5) is 42.0. The van der Waals surface area contributed by atoms with Gasteiger partial charge in [-0.15, -0.1) is 0 Å². The highest BCUT2D eigenvalue weighted by Crippen LogP contribution is 2.24. The molecular formula is C15H18N6O3. The van der Waals surface area contributed by atoms with Crippen LogP contribution in [0.3, 0.4) is 0 Å². The number of carbonyl (C=O) groups excluding carboxylic acids is 2. The van der Waals surface area contributed by atoms with Crippen LogP contribution in [-0.2, 0) is 17.8 Å². The van der Waals surface area contributed by atoms with Crippen LogP contribution in [0.5, 0.6) is 0 Å². The SMILES string of the molecule is CCn1cc2c(cc1=O)N(C)C(=O)[C@@H](NC(=O)c1ncn[nH]1)CC2. The zero-order valence-electron chi connectivity index (χ0n) is 13.4. The molecule has 0 saturated heterocycles. The van der Waals surface area contributed by atoms with E-state index in [4.69, 9.17) is 0 Å². The van der Waals surface area contributed by atoms with Crippen LogP contribution < -0.4 is 15.8 Å². The third-order valence-electron chi connectivity index (χ3n) is 4.15. The molecule has 1 aliphatic heterocycles. The summed E-state index contributed by atoms with van der Waals surface area (Å²) in [6.45, 7) is 2.45. The van der Waals surface area contributed by atoms with Gasteiger partial charge in [0.05, 0.1) is 5.69 Å². The van der Waals surface area contributed by atoms with Gasteiger partial charge < -0.3 is 14.8 Å². The third kappa shape index (κ3) is 2.80. The van der Waals surface area contributed by atoms with Crippen LogP contribution in [0.2, 0.25) is 0 Å². The maximum absolute atomic E-state index is 12.6. The van der Waals surface area contributed by atoms with Crippen molar-refractivity contribution in [2.75, 3.05) is 11.9 Å². The lowest BCUT2D eigenvalue weighted by molar-refractivity contribution is -0.120.